The summed E-state index contributed by atoms with van der Waals surface area (Å²) in [4.78, 5) is 0. The molecule has 2 aromatic rings. The van der Waals surface area contributed by atoms with Crippen LogP contribution in [0.25, 0.3) is 0 Å². The zero-order chi connectivity index (χ0) is 12.4. The number of aryl methyl sites for hydroxylation is 1. The van der Waals surface area contributed by atoms with Crippen molar-refractivity contribution < 1.29 is 8.81 Å². The van der Waals surface area contributed by atoms with Crippen LogP contribution in [-0.2, 0) is 0 Å². The maximum absolute atomic E-state index is 13.5. The van der Waals surface area contributed by atoms with E-state index in [4.69, 9.17) is 4.42 Å². The van der Waals surface area contributed by atoms with Crippen molar-refractivity contribution in [3.8, 4) is 0 Å². The van der Waals surface area contributed by atoms with Gasteiger partial charge in [0.05, 0.1) is 10.5 Å². The molecule has 2 nitrogen and oxygen atoms in total. The van der Waals surface area contributed by atoms with E-state index in [0.717, 1.165) is 17.1 Å². The molecule has 0 bridgehead atoms. The molecule has 90 valence electrons. The molecule has 0 aliphatic heterocycles. The van der Waals surface area contributed by atoms with Crippen LogP contribution in [0.15, 0.2) is 39.2 Å². The summed E-state index contributed by atoms with van der Waals surface area (Å²) in [7, 11) is 1.82. The summed E-state index contributed by atoms with van der Waals surface area (Å²) >= 11 is 3.27. The molecule has 0 saturated heterocycles. The first-order valence-electron chi connectivity index (χ1n) is 5.31. The van der Waals surface area contributed by atoms with Crippen molar-refractivity contribution in [1.82, 2.24) is 5.32 Å². The highest BCUT2D eigenvalue weighted by Crippen LogP contribution is 2.30. The lowest BCUT2D eigenvalue weighted by Gasteiger charge is -2.16. The Morgan fingerprint density at radius 1 is 1.29 bits per heavy atom. The first-order valence-corrected chi connectivity index (χ1v) is 6.10. The molecular weight excluding hydrogens is 285 g/mol. The Balaban J connectivity index is 2.45. The van der Waals surface area contributed by atoms with Gasteiger partial charge < -0.3 is 9.73 Å². The summed E-state index contributed by atoms with van der Waals surface area (Å²) in [6, 6.07) is 8.62. The minimum Gasteiger partial charge on any atom is -0.464 e. The molecule has 0 spiro atoms. The standard InChI is InChI=1S/C13H13BrFNO/c1-8-6-7-11(17-8)13(16-2)9-4-3-5-10(15)12(9)14/h3-7,13,16H,1-2H3. The quantitative estimate of drug-likeness (QED) is 0.932. The average Bonchev–Trinajstić information content (AvgIpc) is 2.72. The minimum atomic E-state index is -0.272. The van der Waals surface area contributed by atoms with Gasteiger partial charge in [0.15, 0.2) is 0 Å². The highest BCUT2D eigenvalue weighted by Gasteiger charge is 2.19. The van der Waals surface area contributed by atoms with E-state index in [1.54, 1.807) is 6.07 Å². The minimum absolute atomic E-state index is 0.159. The average molecular weight is 298 g/mol. The van der Waals surface area contributed by atoms with Crippen molar-refractivity contribution in [2.24, 2.45) is 0 Å². The normalized spacial score (nSPS) is 12.7. The van der Waals surface area contributed by atoms with E-state index >= 15 is 0 Å². The number of rotatable bonds is 3. The van der Waals surface area contributed by atoms with Crippen molar-refractivity contribution in [2.45, 2.75) is 13.0 Å². The first-order chi connectivity index (χ1) is 8.13. The zero-order valence-corrected chi connectivity index (χ0v) is 11.2. The van der Waals surface area contributed by atoms with E-state index in [1.165, 1.54) is 6.07 Å². The second kappa shape index (κ2) is 5.02. The van der Waals surface area contributed by atoms with Gasteiger partial charge in [-0.1, -0.05) is 12.1 Å². The van der Waals surface area contributed by atoms with Gasteiger partial charge >= 0.3 is 0 Å². The lowest BCUT2D eigenvalue weighted by atomic mass is 10.0. The summed E-state index contributed by atoms with van der Waals surface area (Å²) in [6.45, 7) is 1.89. The Labute approximate surface area is 108 Å². The van der Waals surface area contributed by atoms with E-state index in [9.17, 15) is 4.39 Å². The third-order valence-corrected chi connectivity index (χ3v) is 3.46. The van der Waals surface area contributed by atoms with Gasteiger partial charge in [0, 0.05) is 0 Å². The SMILES string of the molecule is CNC(c1ccc(C)o1)c1cccc(F)c1Br. The molecule has 1 atom stereocenters. The van der Waals surface area contributed by atoms with Crippen LogP contribution in [0.1, 0.15) is 23.1 Å². The van der Waals surface area contributed by atoms with Crippen LogP contribution in [-0.4, -0.2) is 7.05 Å². The molecule has 1 heterocycles. The molecule has 2 rings (SSSR count). The molecule has 1 aromatic carbocycles. The van der Waals surface area contributed by atoms with E-state index in [2.05, 4.69) is 21.2 Å². The summed E-state index contributed by atoms with van der Waals surface area (Å²) in [5.74, 6) is 1.34. The number of hydrogen-bond acceptors (Lipinski definition) is 2. The van der Waals surface area contributed by atoms with E-state index < -0.39 is 0 Å². The van der Waals surface area contributed by atoms with Crippen LogP contribution < -0.4 is 5.32 Å². The van der Waals surface area contributed by atoms with Gasteiger partial charge in [-0.15, -0.1) is 0 Å². The molecule has 1 N–H and O–H groups in total. The number of furan rings is 1. The van der Waals surface area contributed by atoms with Crippen LogP contribution in [0.3, 0.4) is 0 Å². The first kappa shape index (κ1) is 12.3. The molecule has 0 amide bonds. The van der Waals surface area contributed by atoms with Gasteiger partial charge in [-0.05, 0) is 53.7 Å². The van der Waals surface area contributed by atoms with E-state index in [0.29, 0.717) is 4.47 Å². The second-order valence-electron chi connectivity index (χ2n) is 3.81. The number of halogens is 2. The third-order valence-electron chi connectivity index (χ3n) is 2.63. The van der Waals surface area contributed by atoms with Crippen LogP contribution in [0, 0.1) is 12.7 Å². The molecule has 1 aromatic heterocycles. The molecular formula is C13H13BrFNO. The third kappa shape index (κ3) is 2.42. The predicted octanol–water partition coefficient (Wildman–Crippen LogP) is 3.80. The Morgan fingerprint density at radius 3 is 2.65 bits per heavy atom. The molecule has 4 heteroatoms. The monoisotopic (exact) mass is 297 g/mol. The fourth-order valence-corrected chi connectivity index (χ4v) is 2.30. The smallest absolute Gasteiger partial charge is 0.137 e. The van der Waals surface area contributed by atoms with Gasteiger partial charge in [0.2, 0.25) is 0 Å². The van der Waals surface area contributed by atoms with Crippen LogP contribution in [0.5, 0.6) is 0 Å². The summed E-state index contributed by atoms with van der Waals surface area (Å²) in [6.07, 6.45) is 0. The Morgan fingerprint density at radius 2 is 2.06 bits per heavy atom. The van der Waals surface area contributed by atoms with Gasteiger partial charge in [-0.3, -0.25) is 0 Å². The highest BCUT2D eigenvalue weighted by molar-refractivity contribution is 9.10. The zero-order valence-electron chi connectivity index (χ0n) is 9.63. The second-order valence-corrected chi connectivity index (χ2v) is 4.61. The predicted molar refractivity (Wildman–Crippen MR) is 68.4 cm³/mol. The maximum Gasteiger partial charge on any atom is 0.137 e. The van der Waals surface area contributed by atoms with Crippen molar-refractivity contribution >= 4 is 15.9 Å². The Hall–Kier alpha value is -1.13. The van der Waals surface area contributed by atoms with Gasteiger partial charge in [-0.2, -0.15) is 0 Å². The van der Waals surface area contributed by atoms with Crippen molar-refractivity contribution in [3.05, 3.63) is 57.7 Å². The molecule has 0 aliphatic carbocycles. The fraction of sp³-hybridized carbons (Fsp3) is 0.231. The fourth-order valence-electron chi connectivity index (χ4n) is 1.80. The van der Waals surface area contributed by atoms with E-state index in [-0.39, 0.29) is 11.9 Å². The van der Waals surface area contributed by atoms with Crippen LogP contribution in [0.2, 0.25) is 0 Å². The number of hydrogen-bond donors (Lipinski definition) is 1. The van der Waals surface area contributed by atoms with Gasteiger partial charge in [-0.25, -0.2) is 4.39 Å². The maximum atomic E-state index is 13.5. The topological polar surface area (TPSA) is 25.2 Å². The van der Waals surface area contributed by atoms with Crippen LogP contribution in [0.4, 0.5) is 4.39 Å². The van der Waals surface area contributed by atoms with Gasteiger partial charge in [0.1, 0.15) is 17.3 Å². The summed E-state index contributed by atoms with van der Waals surface area (Å²) in [5, 5.41) is 3.13. The van der Waals surface area contributed by atoms with Crippen molar-refractivity contribution in [2.75, 3.05) is 7.05 Å². The lowest BCUT2D eigenvalue weighted by Crippen LogP contribution is -2.17. The van der Waals surface area contributed by atoms with Gasteiger partial charge in [0.25, 0.3) is 0 Å². The number of nitrogens with one attached hydrogen (secondary N) is 1. The summed E-state index contributed by atoms with van der Waals surface area (Å²) < 4.78 is 19.5. The van der Waals surface area contributed by atoms with E-state index in [1.807, 2.05) is 32.2 Å². The lowest BCUT2D eigenvalue weighted by molar-refractivity contribution is 0.442. The molecule has 0 saturated carbocycles. The largest absolute Gasteiger partial charge is 0.464 e. The van der Waals surface area contributed by atoms with Crippen LogP contribution >= 0.6 is 15.9 Å². The molecule has 0 radical (unpaired) electrons. The molecule has 17 heavy (non-hydrogen) atoms. The summed E-state index contributed by atoms with van der Waals surface area (Å²) in [5.41, 5.74) is 0.821. The molecule has 0 aliphatic rings. The molecule has 1 unspecified atom stereocenters. The Bertz CT molecular complexity index is 524. The van der Waals surface area contributed by atoms with Crippen molar-refractivity contribution in [3.63, 3.8) is 0 Å². The van der Waals surface area contributed by atoms with Crippen molar-refractivity contribution in [1.29, 1.82) is 0 Å². The highest BCUT2D eigenvalue weighted by atomic mass is 79.9. The Kier molecular flexibility index (Phi) is 3.64. The molecule has 0 fully saturated rings. The number of benzene rings is 1.